The number of rotatable bonds is 5. The van der Waals surface area contributed by atoms with Gasteiger partial charge in [-0.2, -0.15) is 5.26 Å². The highest BCUT2D eigenvalue weighted by molar-refractivity contribution is 6.17. The van der Waals surface area contributed by atoms with Gasteiger partial charge in [-0.25, -0.2) is 0 Å². The van der Waals surface area contributed by atoms with E-state index >= 15 is 0 Å². The van der Waals surface area contributed by atoms with E-state index in [0.29, 0.717) is 0 Å². The third kappa shape index (κ3) is 3.17. The van der Waals surface area contributed by atoms with Gasteiger partial charge in [0.05, 0.1) is 11.0 Å². The van der Waals surface area contributed by atoms with Crippen molar-refractivity contribution in [1.82, 2.24) is 0 Å². The normalized spacial score (nSPS) is 13.7. The highest BCUT2D eigenvalue weighted by Crippen LogP contribution is 2.26. The number of hydrogen-bond donors (Lipinski definition) is 2. The summed E-state index contributed by atoms with van der Waals surface area (Å²) in [5.41, 5.74) is -0.312. The summed E-state index contributed by atoms with van der Waals surface area (Å²) in [6.07, 6.45) is -2.21. The molecule has 18 heavy (non-hydrogen) atoms. The molecule has 2 N–H and O–H groups in total. The molecule has 1 aromatic rings. The Labute approximate surface area is 108 Å². The Morgan fingerprint density at radius 2 is 2.17 bits per heavy atom. The Kier molecular flexibility index (Phi) is 5.04. The van der Waals surface area contributed by atoms with E-state index in [2.05, 4.69) is 0 Å². The smallest absolute Gasteiger partial charge is 0.287 e. The van der Waals surface area contributed by atoms with E-state index < -0.39 is 22.8 Å². The fourth-order valence-electron chi connectivity index (χ4n) is 1.47. The molecule has 0 aliphatic heterocycles. The summed E-state index contributed by atoms with van der Waals surface area (Å²) in [7, 11) is 0. The van der Waals surface area contributed by atoms with Crippen LogP contribution in [0.3, 0.4) is 0 Å². The molecule has 0 saturated heterocycles. The van der Waals surface area contributed by atoms with Crippen LogP contribution in [0.5, 0.6) is 0 Å². The van der Waals surface area contributed by atoms with Gasteiger partial charge in [0.15, 0.2) is 0 Å². The average molecular weight is 271 g/mol. The molecule has 0 heterocycles. The maximum atomic E-state index is 10.7. The minimum atomic E-state index is -1.27. The number of nitriles is 1. The molecule has 0 aliphatic rings. The van der Waals surface area contributed by atoms with Crippen molar-refractivity contribution in [1.29, 1.82) is 5.26 Å². The lowest BCUT2D eigenvalue weighted by Gasteiger charge is -2.17. The van der Waals surface area contributed by atoms with Crippen LogP contribution in [0.25, 0.3) is 0 Å². The molecule has 1 aromatic carbocycles. The Hall–Kier alpha value is -1.68. The minimum Gasteiger partial charge on any atom is -0.390 e. The molecular formula is C11H11ClN2O4. The Morgan fingerprint density at radius 1 is 1.50 bits per heavy atom. The predicted molar refractivity (Wildman–Crippen MR) is 64.1 cm³/mol. The van der Waals surface area contributed by atoms with Crippen molar-refractivity contribution in [2.45, 2.75) is 18.6 Å². The highest BCUT2D eigenvalue weighted by Gasteiger charge is 2.22. The molecule has 2 atom stereocenters. The molecule has 0 amide bonds. The van der Waals surface area contributed by atoms with E-state index in [1.807, 2.05) is 0 Å². The molecule has 1 rings (SSSR count). The number of aliphatic hydroxyl groups is 2. The summed E-state index contributed by atoms with van der Waals surface area (Å²) in [6.45, 7) is 0. The second kappa shape index (κ2) is 6.31. The van der Waals surface area contributed by atoms with Gasteiger partial charge in [0.2, 0.25) is 0 Å². The third-order valence-corrected chi connectivity index (χ3v) is 2.67. The van der Waals surface area contributed by atoms with Crippen LogP contribution in [0, 0.1) is 21.4 Å². The van der Waals surface area contributed by atoms with Crippen molar-refractivity contribution in [2.24, 2.45) is 0 Å². The standard InChI is InChI=1S/C11H11ClN2O4/c12-4-3-10(15)11(16)7-1-2-8(6-13)9(5-7)14(17)18/h1-2,5,10-11,15-16H,3-4H2. The molecule has 0 spiro atoms. The van der Waals surface area contributed by atoms with Crippen LogP contribution in [0.2, 0.25) is 0 Å². The number of benzene rings is 1. The first-order chi connectivity index (χ1) is 8.51. The molecule has 6 nitrogen and oxygen atoms in total. The second-order valence-electron chi connectivity index (χ2n) is 3.64. The number of alkyl halides is 1. The maximum absolute atomic E-state index is 10.7. The van der Waals surface area contributed by atoms with Crippen LogP contribution in [0.1, 0.15) is 23.7 Å². The summed E-state index contributed by atoms with van der Waals surface area (Å²) < 4.78 is 0. The first-order valence-electron chi connectivity index (χ1n) is 5.11. The van der Waals surface area contributed by atoms with Gasteiger partial charge < -0.3 is 10.2 Å². The zero-order chi connectivity index (χ0) is 13.7. The number of aliphatic hydroxyl groups excluding tert-OH is 2. The van der Waals surface area contributed by atoms with Gasteiger partial charge in [0.25, 0.3) is 5.69 Å². The highest BCUT2D eigenvalue weighted by atomic mass is 35.5. The van der Waals surface area contributed by atoms with Gasteiger partial charge in [0.1, 0.15) is 17.7 Å². The van der Waals surface area contributed by atoms with Gasteiger partial charge in [0, 0.05) is 11.9 Å². The van der Waals surface area contributed by atoms with Crippen molar-refractivity contribution in [3.8, 4) is 6.07 Å². The third-order valence-electron chi connectivity index (χ3n) is 2.45. The molecule has 7 heteroatoms. The van der Waals surface area contributed by atoms with Crippen LogP contribution in [-0.2, 0) is 0 Å². The Balaban J connectivity index is 3.09. The van der Waals surface area contributed by atoms with Crippen LogP contribution in [0.15, 0.2) is 18.2 Å². The summed E-state index contributed by atoms with van der Waals surface area (Å²) in [6, 6.07) is 5.38. The van der Waals surface area contributed by atoms with Gasteiger partial charge in [-0.15, -0.1) is 11.6 Å². The summed E-state index contributed by atoms with van der Waals surface area (Å²) in [4.78, 5) is 10.0. The van der Waals surface area contributed by atoms with E-state index in [1.54, 1.807) is 6.07 Å². The maximum Gasteiger partial charge on any atom is 0.287 e. The van der Waals surface area contributed by atoms with Gasteiger partial charge in [-0.3, -0.25) is 10.1 Å². The fraction of sp³-hybridized carbons (Fsp3) is 0.364. The first-order valence-corrected chi connectivity index (χ1v) is 5.65. The minimum absolute atomic E-state index is 0.0946. The monoisotopic (exact) mass is 270 g/mol. The lowest BCUT2D eigenvalue weighted by Crippen LogP contribution is -2.18. The van der Waals surface area contributed by atoms with Gasteiger partial charge in [-0.1, -0.05) is 6.07 Å². The zero-order valence-corrected chi connectivity index (χ0v) is 10.0. The molecule has 96 valence electrons. The van der Waals surface area contributed by atoms with E-state index in [4.69, 9.17) is 16.9 Å². The molecule has 0 radical (unpaired) electrons. The summed E-state index contributed by atoms with van der Waals surface area (Å²) >= 11 is 5.43. The van der Waals surface area contributed by atoms with Gasteiger partial charge in [-0.05, 0) is 18.1 Å². The number of halogens is 1. The molecule has 0 aromatic heterocycles. The molecular weight excluding hydrogens is 260 g/mol. The van der Waals surface area contributed by atoms with Crippen molar-refractivity contribution >= 4 is 17.3 Å². The second-order valence-corrected chi connectivity index (χ2v) is 4.01. The van der Waals surface area contributed by atoms with Crippen molar-refractivity contribution < 1.29 is 15.1 Å². The summed E-state index contributed by atoms with van der Waals surface area (Å²) in [5.74, 6) is 0.163. The van der Waals surface area contributed by atoms with E-state index in [9.17, 15) is 20.3 Å². The van der Waals surface area contributed by atoms with Crippen LogP contribution in [-0.4, -0.2) is 27.1 Å². The Bertz CT molecular complexity index is 486. The molecule has 0 saturated carbocycles. The molecule has 2 unspecified atom stereocenters. The fourth-order valence-corrected chi connectivity index (χ4v) is 1.69. The predicted octanol–water partition coefficient (Wildman–Crippen LogP) is 1.49. The van der Waals surface area contributed by atoms with Crippen LogP contribution in [0.4, 0.5) is 5.69 Å². The van der Waals surface area contributed by atoms with E-state index in [-0.39, 0.29) is 23.4 Å². The van der Waals surface area contributed by atoms with E-state index in [0.717, 1.165) is 6.07 Å². The zero-order valence-electron chi connectivity index (χ0n) is 9.28. The SMILES string of the molecule is N#Cc1ccc(C(O)C(O)CCCl)cc1[N+](=O)[O-]. The topological polar surface area (TPSA) is 107 Å². The quantitative estimate of drug-likeness (QED) is 0.479. The molecule has 0 fully saturated rings. The first kappa shape index (κ1) is 14.4. The number of nitro benzene ring substituents is 1. The summed E-state index contributed by atoms with van der Waals surface area (Å²) in [5, 5.41) is 38.8. The average Bonchev–Trinajstić information content (AvgIpc) is 2.37. The van der Waals surface area contributed by atoms with Crippen LogP contribution < -0.4 is 0 Å². The number of nitro groups is 1. The lowest BCUT2D eigenvalue weighted by atomic mass is 10.0. The lowest BCUT2D eigenvalue weighted by molar-refractivity contribution is -0.385. The molecule has 0 bridgehead atoms. The van der Waals surface area contributed by atoms with E-state index in [1.165, 1.54) is 12.1 Å². The van der Waals surface area contributed by atoms with Crippen molar-refractivity contribution in [3.05, 3.63) is 39.4 Å². The number of hydrogen-bond acceptors (Lipinski definition) is 5. The number of nitrogens with zero attached hydrogens (tertiary/aromatic N) is 2. The largest absolute Gasteiger partial charge is 0.390 e. The van der Waals surface area contributed by atoms with Crippen LogP contribution >= 0.6 is 11.6 Å². The van der Waals surface area contributed by atoms with Crippen molar-refractivity contribution in [2.75, 3.05) is 5.88 Å². The molecule has 0 aliphatic carbocycles. The van der Waals surface area contributed by atoms with Crippen molar-refractivity contribution in [3.63, 3.8) is 0 Å². The Morgan fingerprint density at radius 3 is 2.67 bits per heavy atom. The van der Waals surface area contributed by atoms with Gasteiger partial charge >= 0.3 is 0 Å².